The molecule has 0 amide bonds. The standard InChI is InChI=1S/C10H11F3N4O/c11-10(12,13)8-1-2-9(15-14-8)17-5-3-7(16-18)4-6-17/h1-2,18H,3-6H2. The van der Waals surface area contributed by atoms with Gasteiger partial charge in [-0.25, -0.2) is 0 Å². The van der Waals surface area contributed by atoms with E-state index in [0.29, 0.717) is 37.5 Å². The van der Waals surface area contributed by atoms with Crippen LogP contribution in [0, 0.1) is 0 Å². The number of anilines is 1. The molecule has 1 aliphatic heterocycles. The van der Waals surface area contributed by atoms with Crippen LogP contribution < -0.4 is 4.90 Å². The van der Waals surface area contributed by atoms with Crippen LogP contribution in [0.1, 0.15) is 18.5 Å². The van der Waals surface area contributed by atoms with Crippen LogP contribution in [0.25, 0.3) is 0 Å². The van der Waals surface area contributed by atoms with E-state index in [1.54, 1.807) is 0 Å². The third kappa shape index (κ3) is 2.69. The predicted molar refractivity (Wildman–Crippen MR) is 57.7 cm³/mol. The average molecular weight is 260 g/mol. The molecule has 0 aromatic carbocycles. The van der Waals surface area contributed by atoms with E-state index >= 15 is 0 Å². The second kappa shape index (κ2) is 4.79. The number of hydrogen-bond donors (Lipinski definition) is 1. The first-order chi connectivity index (χ1) is 8.50. The fourth-order valence-corrected chi connectivity index (χ4v) is 1.74. The van der Waals surface area contributed by atoms with Crippen molar-refractivity contribution in [2.24, 2.45) is 5.16 Å². The summed E-state index contributed by atoms with van der Waals surface area (Å²) in [7, 11) is 0. The van der Waals surface area contributed by atoms with Crippen LogP contribution in [-0.4, -0.2) is 34.2 Å². The van der Waals surface area contributed by atoms with Crippen LogP contribution in [0.4, 0.5) is 19.0 Å². The Hall–Kier alpha value is -1.86. The monoisotopic (exact) mass is 260 g/mol. The summed E-state index contributed by atoms with van der Waals surface area (Å²) in [6.45, 7) is 1.11. The Morgan fingerprint density at radius 3 is 2.28 bits per heavy atom. The lowest BCUT2D eigenvalue weighted by molar-refractivity contribution is -0.141. The third-order valence-electron chi connectivity index (χ3n) is 2.75. The molecule has 0 unspecified atom stereocenters. The fraction of sp³-hybridized carbons (Fsp3) is 0.500. The highest BCUT2D eigenvalue weighted by atomic mass is 19.4. The maximum absolute atomic E-state index is 12.3. The summed E-state index contributed by atoms with van der Waals surface area (Å²) in [5.41, 5.74) is -0.313. The Kier molecular flexibility index (Phi) is 3.35. The smallest absolute Gasteiger partial charge is 0.411 e. The molecule has 5 nitrogen and oxygen atoms in total. The average Bonchev–Trinajstić information content (AvgIpc) is 2.38. The molecule has 1 saturated heterocycles. The number of hydrogen-bond acceptors (Lipinski definition) is 5. The van der Waals surface area contributed by atoms with Gasteiger partial charge in [-0.2, -0.15) is 13.2 Å². The molecule has 1 aliphatic rings. The minimum absolute atomic E-state index is 0.403. The first kappa shape index (κ1) is 12.6. The number of rotatable bonds is 1. The topological polar surface area (TPSA) is 61.6 Å². The second-order valence-corrected chi connectivity index (χ2v) is 3.93. The molecule has 0 radical (unpaired) electrons. The number of piperidine rings is 1. The first-order valence-corrected chi connectivity index (χ1v) is 5.36. The maximum Gasteiger partial charge on any atom is 0.435 e. The van der Waals surface area contributed by atoms with Crippen LogP contribution >= 0.6 is 0 Å². The van der Waals surface area contributed by atoms with Crippen LogP contribution in [0.15, 0.2) is 17.3 Å². The highest BCUT2D eigenvalue weighted by Gasteiger charge is 2.33. The molecule has 0 atom stereocenters. The van der Waals surface area contributed by atoms with Crippen molar-refractivity contribution < 1.29 is 18.4 Å². The number of alkyl halides is 3. The highest BCUT2D eigenvalue weighted by Crippen LogP contribution is 2.27. The molecular formula is C10H11F3N4O. The number of aromatic nitrogens is 2. The van der Waals surface area contributed by atoms with Crippen LogP contribution in [0.5, 0.6) is 0 Å². The molecule has 0 bridgehead atoms. The van der Waals surface area contributed by atoms with E-state index in [1.165, 1.54) is 6.07 Å². The van der Waals surface area contributed by atoms with Gasteiger partial charge in [0.05, 0.1) is 5.71 Å². The van der Waals surface area contributed by atoms with Crippen molar-refractivity contribution in [3.05, 3.63) is 17.8 Å². The molecule has 98 valence electrons. The van der Waals surface area contributed by atoms with Crippen LogP contribution in [-0.2, 0) is 6.18 Å². The molecule has 2 rings (SSSR count). The zero-order chi connectivity index (χ0) is 13.2. The molecule has 18 heavy (non-hydrogen) atoms. The van der Waals surface area contributed by atoms with Crippen molar-refractivity contribution >= 4 is 11.5 Å². The summed E-state index contributed by atoms with van der Waals surface area (Å²) in [6, 6.07) is 2.22. The highest BCUT2D eigenvalue weighted by molar-refractivity contribution is 5.85. The molecule has 2 heterocycles. The lowest BCUT2D eigenvalue weighted by Gasteiger charge is -2.27. The Morgan fingerprint density at radius 1 is 1.17 bits per heavy atom. The molecular weight excluding hydrogens is 249 g/mol. The van der Waals surface area contributed by atoms with Crippen molar-refractivity contribution in [3.8, 4) is 0 Å². The van der Waals surface area contributed by atoms with Crippen LogP contribution in [0.3, 0.4) is 0 Å². The molecule has 1 aromatic heterocycles. The molecule has 8 heteroatoms. The second-order valence-electron chi connectivity index (χ2n) is 3.93. The van der Waals surface area contributed by atoms with Crippen molar-refractivity contribution in [2.75, 3.05) is 18.0 Å². The van der Waals surface area contributed by atoms with Gasteiger partial charge in [0.15, 0.2) is 11.5 Å². The summed E-state index contributed by atoms with van der Waals surface area (Å²) in [4.78, 5) is 1.81. The van der Waals surface area contributed by atoms with E-state index in [1.807, 2.05) is 4.90 Å². The van der Waals surface area contributed by atoms with Gasteiger partial charge in [-0.3, -0.25) is 0 Å². The van der Waals surface area contributed by atoms with Gasteiger partial charge in [-0.1, -0.05) is 5.16 Å². The van der Waals surface area contributed by atoms with Crippen molar-refractivity contribution in [1.29, 1.82) is 0 Å². The predicted octanol–water partition coefficient (Wildman–Crippen LogP) is 1.93. The van der Waals surface area contributed by atoms with E-state index in [-0.39, 0.29) is 0 Å². The molecule has 0 aliphatic carbocycles. The van der Waals surface area contributed by atoms with Crippen molar-refractivity contribution in [2.45, 2.75) is 19.0 Å². The SMILES string of the molecule is ON=C1CCN(c2ccc(C(F)(F)F)nn2)CC1. The van der Waals surface area contributed by atoms with E-state index in [2.05, 4.69) is 15.4 Å². The largest absolute Gasteiger partial charge is 0.435 e. The zero-order valence-corrected chi connectivity index (χ0v) is 9.35. The summed E-state index contributed by atoms with van der Waals surface area (Å²) < 4.78 is 36.9. The molecule has 1 N–H and O–H groups in total. The molecule has 0 spiro atoms. The minimum Gasteiger partial charge on any atom is -0.411 e. The summed E-state index contributed by atoms with van der Waals surface area (Å²) in [5, 5.41) is 18.5. The number of halogens is 3. The van der Waals surface area contributed by atoms with Gasteiger partial charge in [0, 0.05) is 25.9 Å². The van der Waals surface area contributed by atoms with Gasteiger partial charge >= 0.3 is 6.18 Å². The normalized spacial score (nSPS) is 16.8. The Balaban J connectivity index is 2.07. The van der Waals surface area contributed by atoms with E-state index < -0.39 is 11.9 Å². The van der Waals surface area contributed by atoms with Gasteiger partial charge in [-0.15, -0.1) is 10.2 Å². The van der Waals surface area contributed by atoms with E-state index in [9.17, 15) is 13.2 Å². The molecule has 0 saturated carbocycles. The summed E-state index contributed by atoms with van der Waals surface area (Å²) in [5.74, 6) is 0.403. The third-order valence-corrected chi connectivity index (χ3v) is 2.75. The van der Waals surface area contributed by atoms with E-state index in [0.717, 1.165) is 6.07 Å². The number of oxime groups is 1. The number of nitrogens with zero attached hydrogens (tertiary/aromatic N) is 4. The van der Waals surface area contributed by atoms with Crippen molar-refractivity contribution in [3.63, 3.8) is 0 Å². The summed E-state index contributed by atoms with van der Waals surface area (Å²) in [6.07, 6.45) is -3.33. The van der Waals surface area contributed by atoms with Gasteiger partial charge in [-0.05, 0) is 12.1 Å². The Bertz CT molecular complexity index is 433. The Morgan fingerprint density at radius 2 is 1.83 bits per heavy atom. The van der Waals surface area contributed by atoms with E-state index in [4.69, 9.17) is 5.21 Å². The van der Waals surface area contributed by atoms with Crippen LogP contribution in [0.2, 0.25) is 0 Å². The van der Waals surface area contributed by atoms with Crippen molar-refractivity contribution in [1.82, 2.24) is 10.2 Å². The molecule has 1 fully saturated rings. The fourth-order valence-electron chi connectivity index (χ4n) is 1.74. The zero-order valence-electron chi connectivity index (χ0n) is 9.35. The quantitative estimate of drug-likeness (QED) is 0.619. The lowest BCUT2D eigenvalue weighted by Crippen LogP contribution is -2.34. The molecule has 1 aromatic rings. The maximum atomic E-state index is 12.3. The minimum atomic E-state index is -4.47. The van der Waals surface area contributed by atoms with Gasteiger partial charge in [0.1, 0.15) is 0 Å². The lowest BCUT2D eigenvalue weighted by atomic mass is 10.1. The first-order valence-electron chi connectivity index (χ1n) is 5.36. The summed E-state index contributed by atoms with van der Waals surface area (Å²) >= 11 is 0. The van der Waals surface area contributed by atoms with Gasteiger partial charge in [0.25, 0.3) is 0 Å². The Labute approximate surface area is 101 Å². The van der Waals surface area contributed by atoms with Gasteiger partial charge < -0.3 is 10.1 Å². The van der Waals surface area contributed by atoms with Gasteiger partial charge in [0.2, 0.25) is 0 Å².